The highest BCUT2D eigenvalue weighted by Gasteiger charge is 2.13. The molecule has 13 heteroatoms. The number of carbonyl (C=O) groups is 1. The number of aromatic nitrogens is 4. The Labute approximate surface area is 267 Å². The van der Waals surface area contributed by atoms with Gasteiger partial charge >= 0.3 is 12.1 Å². The average molecular weight is 633 g/mol. The number of carbonyl (C=O) groups excluding carboxylic acids is 1. The molecule has 0 saturated heterocycles. The van der Waals surface area contributed by atoms with Gasteiger partial charge in [-0.2, -0.15) is 10.2 Å². The van der Waals surface area contributed by atoms with Gasteiger partial charge in [-0.15, -0.1) is 11.3 Å². The lowest BCUT2D eigenvalue weighted by molar-refractivity contribution is 0.148. The third kappa shape index (κ3) is 7.37. The molecule has 3 N–H and O–H groups in total. The van der Waals surface area contributed by atoms with Crippen molar-refractivity contribution < 1.29 is 18.7 Å². The van der Waals surface area contributed by atoms with Crippen LogP contribution in [-0.4, -0.2) is 46.2 Å². The van der Waals surface area contributed by atoms with Gasteiger partial charge in [0.1, 0.15) is 35.6 Å². The van der Waals surface area contributed by atoms with Crippen molar-refractivity contribution in [2.45, 2.75) is 13.2 Å². The summed E-state index contributed by atoms with van der Waals surface area (Å²) in [5, 5.41) is 13.1. The highest BCUT2D eigenvalue weighted by atomic mass is 32.1. The number of nitrogen functional groups attached to an aromatic ring is 1. The summed E-state index contributed by atoms with van der Waals surface area (Å²) in [6, 6.07) is 25.0. The number of hydrogen-bond acceptors (Lipinski definition) is 12. The van der Waals surface area contributed by atoms with Gasteiger partial charge in [0, 0.05) is 37.6 Å². The predicted molar refractivity (Wildman–Crippen MR) is 176 cm³/mol. The summed E-state index contributed by atoms with van der Waals surface area (Å²) < 4.78 is 17.9. The molecule has 0 unspecified atom stereocenters. The summed E-state index contributed by atoms with van der Waals surface area (Å²) in [5.41, 5.74) is 10.8. The van der Waals surface area contributed by atoms with E-state index in [9.17, 15) is 10.1 Å². The lowest BCUT2D eigenvalue weighted by Crippen LogP contribution is -2.28. The minimum Gasteiger partial charge on any atom is -0.459 e. The zero-order chi connectivity index (χ0) is 31.9. The molecule has 3 aromatic carbocycles. The molecule has 3 heterocycles. The van der Waals surface area contributed by atoms with E-state index in [0.29, 0.717) is 53.1 Å². The van der Waals surface area contributed by atoms with Gasteiger partial charge in [-0.05, 0) is 41.5 Å². The number of amides is 1. The Hall–Kier alpha value is -6.00. The number of hydrogen-bond donors (Lipinski definition) is 2. The van der Waals surface area contributed by atoms with E-state index in [1.807, 2.05) is 78.7 Å². The monoisotopic (exact) mass is 632 g/mol. The van der Waals surface area contributed by atoms with E-state index in [-0.39, 0.29) is 12.6 Å². The largest absolute Gasteiger partial charge is 0.459 e. The predicted octanol–water partition coefficient (Wildman–Crippen LogP) is 5.82. The van der Waals surface area contributed by atoms with E-state index in [1.165, 1.54) is 17.5 Å². The molecule has 0 radical (unpaired) electrons. The third-order valence-electron chi connectivity index (χ3n) is 6.88. The highest BCUT2D eigenvalue weighted by molar-refractivity contribution is 7.19. The second kappa shape index (κ2) is 13.7. The fourth-order valence-corrected chi connectivity index (χ4v) is 5.37. The number of thiazole rings is 1. The normalized spacial score (nSPS) is 11.3. The summed E-state index contributed by atoms with van der Waals surface area (Å²) >= 11 is 1.45. The van der Waals surface area contributed by atoms with E-state index >= 15 is 0 Å². The number of nitrogens with one attached hydrogen (secondary N) is 1. The zero-order valence-electron chi connectivity index (χ0n) is 24.7. The van der Waals surface area contributed by atoms with Gasteiger partial charge in [-0.25, -0.2) is 19.7 Å². The number of fused-ring (bicyclic) bond motifs is 2. The zero-order valence-corrected chi connectivity index (χ0v) is 25.5. The van der Waals surface area contributed by atoms with Crippen molar-refractivity contribution in [2.24, 2.45) is 0 Å². The minimum atomic E-state index is -0.511. The first-order valence-electron chi connectivity index (χ1n) is 14.2. The van der Waals surface area contributed by atoms with E-state index in [2.05, 4.69) is 31.3 Å². The van der Waals surface area contributed by atoms with Crippen molar-refractivity contribution in [1.29, 1.82) is 5.26 Å². The van der Waals surface area contributed by atoms with Crippen molar-refractivity contribution in [2.75, 3.05) is 30.8 Å². The van der Waals surface area contributed by atoms with Crippen LogP contribution >= 0.6 is 11.3 Å². The molecule has 0 spiro atoms. The van der Waals surface area contributed by atoms with Crippen molar-refractivity contribution >= 4 is 61.9 Å². The number of para-hydroxylation sites is 1. The van der Waals surface area contributed by atoms with Gasteiger partial charge in [-0.3, -0.25) is 0 Å². The smallest absolute Gasteiger partial charge is 0.407 e. The molecule has 6 rings (SSSR count). The van der Waals surface area contributed by atoms with Gasteiger partial charge < -0.3 is 29.8 Å². The molecule has 0 aliphatic heterocycles. The van der Waals surface area contributed by atoms with Crippen LogP contribution in [0.25, 0.3) is 33.0 Å². The first-order chi connectivity index (χ1) is 22.4. The fraction of sp³-hybridized carbons (Fsp3) is 0.152. The van der Waals surface area contributed by atoms with Crippen LogP contribution in [0.1, 0.15) is 22.0 Å². The number of likely N-dealkylation sites (N-methyl/N-ethyl adjacent to an activating group) is 1. The molecule has 3 aromatic heterocycles. The topological polar surface area (TPSA) is 165 Å². The molecular weight excluding hydrogens is 604 g/mol. The van der Waals surface area contributed by atoms with Crippen molar-refractivity contribution in [3.05, 3.63) is 101 Å². The Morgan fingerprint density at radius 2 is 1.89 bits per heavy atom. The van der Waals surface area contributed by atoms with E-state index in [0.717, 1.165) is 27.0 Å². The summed E-state index contributed by atoms with van der Waals surface area (Å²) in [7, 11) is 1.89. The quantitative estimate of drug-likeness (QED) is 0.165. The number of nitrogens with two attached hydrogens (primary N) is 1. The number of nitrogens with zero attached hydrogens (tertiary/aromatic N) is 6. The Morgan fingerprint density at radius 1 is 1.07 bits per heavy atom. The molecular formula is C33H28N8O4S. The van der Waals surface area contributed by atoms with Crippen molar-refractivity contribution in [3.63, 3.8) is 0 Å². The number of allylic oxidation sites excluding steroid dienone is 1. The molecule has 6 aromatic rings. The summed E-state index contributed by atoms with van der Waals surface area (Å²) in [6.45, 7) is 1.25. The maximum absolute atomic E-state index is 12.3. The lowest BCUT2D eigenvalue weighted by atomic mass is 10.1. The van der Waals surface area contributed by atoms with Crippen LogP contribution in [0.15, 0.2) is 83.4 Å². The fourth-order valence-electron chi connectivity index (χ4n) is 4.44. The summed E-state index contributed by atoms with van der Waals surface area (Å²) in [4.78, 5) is 31.3. The summed E-state index contributed by atoms with van der Waals surface area (Å²) in [6.07, 6.45) is 2.63. The van der Waals surface area contributed by atoms with E-state index in [4.69, 9.17) is 19.6 Å². The number of anilines is 2. The summed E-state index contributed by atoms with van der Waals surface area (Å²) in [5.74, 6) is 0.662. The Morgan fingerprint density at radius 3 is 2.70 bits per heavy atom. The number of rotatable bonds is 11. The highest BCUT2D eigenvalue weighted by Crippen LogP contribution is 2.29. The number of benzene rings is 3. The van der Waals surface area contributed by atoms with E-state index < -0.39 is 6.09 Å². The molecule has 12 nitrogen and oxygen atoms in total. The maximum atomic E-state index is 12.3. The number of alkyl carbamates (subject to hydrolysis) is 1. The van der Waals surface area contributed by atoms with Gasteiger partial charge in [-0.1, -0.05) is 36.4 Å². The van der Waals surface area contributed by atoms with Crippen LogP contribution in [-0.2, 0) is 17.9 Å². The Kier molecular flexibility index (Phi) is 8.98. The standard InChI is InChI=1S/C33H28N8O4S/c1-41(14-15-43-33(42)37-19-21-6-8-22(9-7-21)20-44-32-36-13-12-29(35)40-32)24-10-11-25-27(17-24)45-30(38-25)16-23(18-34)31-39-26-4-2-3-5-28(26)46-31/h2-13,16-17H,14-15,19-20H2,1H3,(H,37,42)(H2,35,36,40)/b23-16+. The van der Waals surface area contributed by atoms with E-state index in [1.54, 1.807) is 12.1 Å². The first-order valence-corrected chi connectivity index (χ1v) is 15.0. The van der Waals surface area contributed by atoms with Crippen LogP contribution in [0.2, 0.25) is 0 Å². The SMILES string of the molecule is CN(CCOC(=O)NCc1ccc(COc2nccc(N)n2)cc1)c1ccc2nc(/C=C(\C#N)c3nc4ccccc4s3)oc2c1. The lowest BCUT2D eigenvalue weighted by Gasteiger charge is -2.19. The second-order valence-electron chi connectivity index (χ2n) is 10.1. The van der Waals surface area contributed by atoms with Gasteiger partial charge in [0.15, 0.2) is 5.58 Å². The molecule has 0 aliphatic rings. The van der Waals surface area contributed by atoms with Crippen molar-refractivity contribution in [1.82, 2.24) is 25.3 Å². The third-order valence-corrected chi connectivity index (χ3v) is 7.95. The van der Waals surface area contributed by atoms with Crippen LogP contribution in [0.5, 0.6) is 6.01 Å². The van der Waals surface area contributed by atoms with Crippen LogP contribution in [0.3, 0.4) is 0 Å². The van der Waals surface area contributed by atoms with Gasteiger partial charge in [0.2, 0.25) is 5.89 Å². The first kappa shape index (κ1) is 30.0. The minimum absolute atomic E-state index is 0.181. The molecule has 1 amide bonds. The number of nitriles is 1. The number of ether oxygens (including phenoxy) is 2. The molecule has 0 bridgehead atoms. The Balaban J connectivity index is 0.972. The molecule has 0 saturated carbocycles. The van der Waals surface area contributed by atoms with Gasteiger partial charge in [0.05, 0.1) is 22.3 Å². The van der Waals surface area contributed by atoms with Crippen LogP contribution < -0.4 is 20.7 Å². The second-order valence-corrected chi connectivity index (χ2v) is 11.2. The van der Waals surface area contributed by atoms with Crippen LogP contribution in [0, 0.1) is 11.3 Å². The average Bonchev–Trinajstić information content (AvgIpc) is 3.69. The maximum Gasteiger partial charge on any atom is 0.407 e. The number of oxazole rings is 1. The molecule has 230 valence electrons. The van der Waals surface area contributed by atoms with Crippen molar-refractivity contribution in [3.8, 4) is 12.1 Å². The molecule has 0 aliphatic carbocycles. The van der Waals surface area contributed by atoms with Gasteiger partial charge in [0.25, 0.3) is 0 Å². The molecule has 0 fully saturated rings. The molecule has 0 atom stereocenters. The Bertz CT molecular complexity index is 2030. The molecule has 46 heavy (non-hydrogen) atoms. The van der Waals surface area contributed by atoms with Crippen LogP contribution in [0.4, 0.5) is 16.3 Å².